The van der Waals surface area contributed by atoms with Crippen LogP contribution in [-0.2, 0) is 6.61 Å². The maximum atomic E-state index is 12.1. The van der Waals surface area contributed by atoms with Gasteiger partial charge >= 0.3 is 0 Å². The van der Waals surface area contributed by atoms with Gasteiger partial charge in [-0.05, 0) is 31.6 Å². The van der Waals surface area contributed by atoms with Gasteiger partial charge in [0, 0.05) is 11.6 Å². The summed E-state index contributed by atoms with van der Waals surface area (Å²) in [6, 6.07) is 6.93. The number of ether oxygens (including phenoxy) is 2. The highest BCUT2D eigenvalue weighted by molar-refractivity contribution is 6.05. The highest BCUT2D eigenvalue weighted by Gasteiger charge is 2.12. The lowest BCUT2D eigenvalue weighted by molar-refractivity contribution is 0.103. The Kier molecular flexibility index (Phi) is 6.57. The first-order chi connectivity index (χ1) is 11.7. The smallest absolute Gasteiger partial charge is 0.207 e. The van der Waals surface area contributed by atoms with Crippen molar-refractivity contribution in [3.05, 3.63) is 47.4 Å². The maximum absolute atomic E-state index is 12.1. The molecule has 6 heteroatoms. The summed E-state index contributed by atoms with van der Waals surface area (Å²) in [5.41, 5.74) is 0.890. The Morgan fingerprint density at radius 3 is 2.83 bits per heavy atom. The van der Waals surface area contributed by atoms with E-state index in [0.717, 1.165) is 12.0 Å². The first-order valence-corrected chi connectivity index (χ1v) is 7.87. The van der Waals surface area contributed by atoms with Crippen molar-refractivity contribution >= 4 is 11.9 Å². The molecule has 0 aliphatic rings. The highest BCUT2D eigenvalue weighted by Crippen LogP contribution is 2.32. The number of aliphatic hydroxyl groups is 1. The number of carbonyl (C=O) groups excluding carboxylic acids is 1. The van der Waals surface area contributed by atoms with Crippen LogP contribution in [0.2, 0.25) is 0 Å². The van der Waals surface area contributed by atoms with Crippen LogP contribution in [0.4, 0.5) is 0 Å². The van der Waals surface area contributed by atoms with Gasteiger partial charge in [0.1, 0.15) is 6.61 Å². The van der Waals surface area contributed by atoms with Gasteiger partial charge in [-0.15, -0.1) is 0 Å². The summed E-state index contributed by atoms with van der Waals surface area (Å²) >= 11 is 0. The quantitative estimate of drug-likeness (QED) is 0.561. The molecule has 1 heterocycles. The van der Waals surface area contributed by atoms with Crippen molar-refractivity contribution in [1.82, 2.24) is 5.16 Å². The van der Waals surface area contributed by atoms with Gasteiger partial charge in [0.2, 0.25) is 5.78 Å². The summed E-state index contributed by atoms with van der Waals surface area (Å²) < 4.78 is 16.2. The molecule has 1 aromatic heterocycles. The van der Waals surface area contributed by atoms with E-state index in [4.69, 9.17) is 19.1 Å². The third-order valence-corrected chi connectivity index (χ3v) is 3.14. The molecule has 2 rings (SSSR count). The Hall–Kier alpha value is -2.60. The van der Waals surface area contributed by atoms with Crippen LogP contribution in [0.25, 0.3) is 6.08 Å². The van der Waals surface area contributed by atoms with Crippen LogP contribution >= 0.6 is 0 Å². The van der Waals surface area contributed by atoms with E-state index in [2.05, 4.69) is 5.16 Å². The summed E-state index contributed by atoms with van der Waals surface area (Å²) in [4.78, 5) is 12.1. The second-order valence-corrected chi connectivity index (χ2v) is 4.99. The summed E-state index contributed by atoms with van der Waals surface area (Å²) in [7, 11) is 0. The minimum Gasteiger partial charge on any atom is -0.490 e. The molecule has 24 heavy (non-hydrogen) atoms. The van der Waals surface area contributed by atoms with Gasteiger partial charge in [0.25, 0.3) is 0 Å². The van der Waals surface area contributed by atoms with Crippen LogP contribution in [0.15, 0.2) is 34.9 Å². The molecule has 0 radical (unpaired) electrons. The number of benzene rings is 1. The molecular weight excluding hydrogens is 310 g/mol. The fraction of sp³-hybridized carbons (Fsp3) is 0.333. The van der Waals surface area contributed by atoms with E-state index in [9.17, 15) is 4.79 Å². The van der Waals surface area contributed by atoms with Crippen molar-refractivity contribution in [3.8, 4) is 11.5 Å². The van der Waals surface area contributed by atoms with Crippen LogP contribution < -0.4 is 9.47 Å². The van der Waals surface area contributed by atoms with Crippen molar-refractivity contribution in [2.45, 2.75) is 26.9 Å². The van der Waals surface area contributed by atoms with Crippen molar-refractivity contribution < 1.29 is 23.9 Å². The lowest BCUT2D eigenvalue weighted by Gasteiger charge is -2.13. The number of nitrogens with zero attached hydrogens (tertiary/aromatic N) is 1. The average Bonchev–Trinajstić information content (AvgIpc) is 3.08. The molecule has 0 saturated heterocycles. The SMILES string of the molecule is CCCOc1c(C=CC(=O)c2cc(CO)on2)cccc1OCC. The summed E-state index contributed by atoms with van der Waals surface area (Å²) in [6.07, 6.45) is 3.91. The van der Waals surface area contributed by atoms with Gasteiger partial charge in [-0.1, -0.05) is 24.2 Å². The number of ketones is 1. The largest absolute Gasteiger partial charge is 0.490 e. The third kappa shape index (κ3) is 4.45. The summed E-state index contributed by atoms with van der Waals surface area (Å²) in [5, 5.41) is 12.6. The Labute approximate surface area is 140 Å². The maximum Gasteiger partial charge on any atom is 0.207 e. The number of para-hydroxylation sites is 1. The molecule has 0 aliphatic heterocycles. The van der Waals surface area contributed by atoms with Crippen molar-refractivity contribution in [3.63, 3.8) is 0 Å². The number of rotatable bonds is 9. The zero-order valence-corrected chi connectivity index (χ0v) is 13.8. The monoisotopic (exact) mass is 331 g/mol. The lowest BCUT2D eigenvalue weighted by Crippen LogP contribution is -2.02. The van der Waals surface area contributed by atoms with Crippen LogP contribution in [0, 0.1) is 0 Å². The first-order valence-electron chi connectivity index (χ1n) is 7.87. The van der Waals surface area contributed by atoms with Gasteiger partial charge in [-0.3, -0.25) is 4.79 Å². The van der Waals surface area contributed by atoms with Crippen molar-refractivity contribution in [1.29, 1.82) is 0 Å². The van der Waals surface area contributed by atoms with Crippen molar-refractivity contribution in [2.75, 3.05) is 13.2 Å². The zero-order chi connectivity index (χ0) is 17.4. The Morgan fingerprint density at radius 1 is 1.33 bits per heavy atom. The van der Waals surface area contributed by atoms with Gasteiger partial charge in [0.15, 0.2) is 23.0 Å². The topological polar surface area (TPSA) is 81.8 Å². The third-order valence-electron chi connectivity index (χ3n) is 3.14. The van der Waals surface area contributed by atoms with Gasteiger partial charge in [-0.25, -0.2) is 0 Å². The Morgan fingerprint density at radius 2 is 2.17 bits per heavy atom. The average molecular weight is 331 g/mol. The van der Waals surface area contributed by atoms with Gasteiger partial charge in [0.05, 0.1) is 13.2 Å². The minimum atomic E-state index is -0.318. The number of aliphatic hydroxyl groups excluding tert-OH is 1. The molecule has 6 nitrogen and oxygen atoms in total. The highest BCUT2D eigenvalue weighted by atomic mass is 16.5. The predicted molar refractivity (Wildman–Crippen MR) is 89.2 cm³/mol. The molecular formula is C18H21NO5. The second-order valence-electron chi connectivity index (χ2n) is 4.99. The number of allylic oxidation sites excluding steroid dienone is 1. The summed E-state index contributed by atoms with van der Waals surface area (Å²) in [5.74, 6) is 1.18. The van der Waals surface area contributed by atoms with E-state index in [0.29, 0.717) is 24.7 Å². The zero-order valence-electron chi connectivity index (χ0n) is 13.8. The van der Waals surface area contributed by atoms with E-state index in [1.54, 1.807) is 6.08 Å². The normalized spacial score (nSPS) is 11.0. The van der Waals surface area contributed by atoms with E-state index in [-0.39, 0.29) is 23.8 Å². The molecule has 128 valence electrons. The number of aromatic nitrogens is 1. The van der Waals surface area contributed by atoms with E-state index in [1.165, 1.54) is 12.1 Å². The molecule has 1 N–H and O–H groups in total. The fourth-order valence-electron chi connectivity index (χ4n) is 2.05. The Bertz CT molecular complexity index is 705. The molecule has 0 amide bonds. The van der Waals surface area contributed by atoms with Crippen molar-refractivity contribution in [2.24, 2.45) is 0 Å². The van der Waals surface area contributed by atoms with Crippen LogP contribution in [-0.4, -0.2) is 29.3 Å². The number of hydrogen-bond donors (Lipinski definition) is 1. The molecule has 0 atom stereocenters. The molecule has 0 spiro atoms. The molecule has 0 bridgehead atoms. The minimum absolute atomic E-state index is 0.146. The lowest BCUT2D eigenvalue weighted by atomic mass is 10.1. The summed E-state index contributed by atoms with van der Waals surface area (Å²) in [6.45, 7) is 4.71. The predicted octanol–water partition coefficient (Wildman–Crippen LogP) is 3.25. The second kappa shape index (κ2) is 8.88. The van der Waals surface area contributed by atoms with E-state index >= 15 is 0 Å². The molecule has 2 aromatic rings. The molecule has 1 aromatic carbocycles. The van der Waals surface area contributed by atoms with Crippen LogP contribution in [0.1, 0.15) is 42.1 Å². The number of carbonyl (C=O) groups is 1. The first kappa shape index (κ1) is 17.7. The molecule has 0 unspecified atom stereocenters. The molecule has 0 aliphatic carbocycles. The van der Waals surface area contributed by atoms with E-state index < -0.39 is 0 Å². The fourth-order valence-corrected chi connectivity index (χ4v) is 2.05. The van der Waals surface area contributed by atoms with Gasteiger partial charge < -0.3 is 19.1 Å². The Balaban J connectivity index is 2.23. The van der Waals surface area contributed by atoms with E-state index in [1.807, 2.05) is 32.0 Å². The standard InChI is InChI=1S/C18H21NO5/c1-3-10-23-18-13(6-5-7-17(18)22-4-2)8-9-16(21)15-11-14(12-20)24-19-15/h5-9,11,20H,3-4,10,12H2,1-2H3. The van der Waals surface area contributed by atoms with Gasteiger partial charge in [-0.2, -0.15) is 0 Å². The molecule has 0 fully saturated rings. The number of hydrogen-bond acceptors (Lipinski definition) is 6. The van der Waals surface area contributed by atoms with Crippen LogP contribution in [0.5, 0.6) is 11.5 Å². The van der Waals surface area contributed by atoms with Crippen LogP contribution in [0.3, 0.4) is 0 Å². The molecule has 0 saturated carbocycles.